The van der Waals surface area contributed by atoms with E-state index in [4.69, 9.17) is 28.3 Å². The van der Waals surface area contributed by atoms with Gasteiger partial charge < -0.3 is 15.0 Å². The van der Waals surface area contributed by atoms with Gasteiger partial charge in [0.05, 0.1) is 21.7 Å². The zero-order valence-corrected chi connectivity index (χ0v) is 21.3. The third-order valence-electron chi connectivity index (χ3n) is 5.25. The molecule has 3 rings (SSSR count). The Morgan fingerprint density at radius 2 is 1.80 bits per heavy atom. The molecule has 35 heavy (non-hydrogen) atoms. The molecule has 0 radical (unpaired) electrons. The molecule has 12 heteroatoms. The van der Waals surface area contributed by atoms with Gasteiger partial charge in [0.1, 0.15) is 5.69 Å². The number of nitrogens with one attached hydrogen (secondary N) is 3. The van der Waals surface area contributed by atoms with Crippen LogP contribution in [0.3, 0.4) is 0 Å². The highest BCUT2D eigenvalue weighted by Crippen LogP contribution is 2.32. The van der Waals surface area contributed by atoms with Gasteiger partial charge in [0.2, 0.25) is 0 Å². The summed E-state index contributed by atoms with van der Waals surface area (Å²) >= 11 is 12.4. The molecular formula is C23H24Cl2N4O5S. The maximum atomic E-state index is 13.2. The number of aromatic nitrogens is 1. The number of carboxylic acid groups (broad SMARTS) is 1. The molecule has 1 unspecified atom stereocenters. The molecule has 0 saturated heterocycles. The zero-order valence-electron chi connectivity index (χ0n) is 18.9. The number of nitrogens with zero attached hydrogens (tertiary/aromatic N) is 1. The lowest BCUT2D eigenvalue weighted by Gasteiger charge is -2.20. The summed E-state index contributed by atoms with van der Waals surface area (Å²) < 4.78 is 30.4. The van der Waals surface area contributed by atoms with Crippen LogP contribution in [-0.2, 0) is 17.3 Å². The number of halogens is 2. The maximum Gasteiger partial charge on any atom is 0.335 e. The third-order valence-corrected chi connectivity index (χ3v) is 7.27. The number of hydrogen-bond donors (Lipinski definition) is 4. The van der Waals surface area contributed by atoms with E-state index in [0.29, 0.717) is 32.2 Å². The summed E-state index contributed by atoms with van der Waals surface area (Å²) in [5.74, 6) is -1.51. The number of carboxylic acids is 1. The molecule has 0 aliphatic carbocycles. The highest BCUT2D eigenvalue weighted by Gasteiger charge is 2.21. The van der Waals surface area contributed by atoms with Gasteiger partial charge in [-0.3, -0.25) is 9.52 Å². The lowest BCUT2D eigenvalue weighted by atomic mass is 10.0. The number of carbonyl (C=O) groups excluding carboxylic acids is 1. The van der Waals surface area contributed by atoms with Crippen LogP contribution in [0.2, 0.25) is 10.0 Å². The van der Waals surface area contributed by atoms with E-state index >= 15 is 0 Å². The SMILES string of the molecule is C=C(C)NS(=O)(=O)NCCC(NC(=O)c1cc2c(Cl)c(Cl)ccc2n1C)c1ccc(C(=O)O)cc1. The monoisotopic (exact) mass is 538 g/mol. The van der Waals surface area contributed by atoms with Crippen molar-refractivity contribution in [2.24, 2.45) is 7.05 Å². The van der Waals surface area contributed by atoms with Gasteiger partial charge in [-0.15, -0.1) is 0 Å². The minimum absolute atomic E-state index is 0.00914. The van der Waals surface area contributed by atoms with Crippen LogP contribution in [-0.4, -0.2) is 36.5 Å². The second-order valence-corrected chi connectivity index (χ2v) is 10.2. The molecule has 1 aromatic heterocycles. The minimum Gasteiger partial charge on any atom is -0.478 e. The number of allylic oxidation sites excluding steroid dienone is 1. The summed E-state index contributed by atoms with van der Waals surface area (Å²) in [7, 11) is -2.09. The lowest BCUT2D eigenvalue weighted by Crippen LogP contribution is -2.38. The van der Waals surface area contributed by atoms with Gasteiger partial charge in [-0.2, -0.15) is 13.1 Å². The van der Waals surface area contributed by atoms with E-state index in [0.717, 1.165) is 0 Å². The van der Waals surface area contributed by atoms with Crippen LogP contribution in [0.1, 0.15) is 45.8 Å². The molecule has 9 nitrogen and oxygen atoms in total. The topological polar surface area (TPSA) is 130 Å². The number of amides is 1. The first-order chi connectivity index (χ1) is 16.4. The van der Waals surface area contributed by atoms with Crippen molar-refractivity contribution in [3.63, 3.8) is 0 Å². The molecule has 0 fully saturated rings. The fraction of sp³-hybridized carbons (Fsp3) is 0.217. The minimum atomic E-state index is -3.81. The van der Waals surface area contributed by atoms with Crippen LogP contribution in [0, 0.1) is 0 Å². The highest BCUT2D eigenvalue weighted by atomic mass is 35.5. The Kier molecular flexibility index (Phi) is 8.11. The number of aryl methyl sites for hydroxylation is 1. The molecule has 3 aromatic rings. The third kappa shape index (κ3) is 6.34. The standard InChI is InChI=1S/C23H24Cl2N4O5S/c1-13(2)28-35(33,34)26-11-10-18(14-4-6-15(7-5-14)23(31)32)27-22(30)20-12-16-19(29(20)3)9-8-17(24)21(16)25/h4-9,12,18,26,28H,1,10-11H2,2-3H3,(H,27,30)(H,31,32). The average molecular weight is 539 g/mol. The van der Waals surface area contributed by atoms with Crippen molar-refractivity contribution in [3.8, 4) is 0 Å². The second-order valence-electron chi connectivity index (χ2n) is 7.90. The Hall–Kier alpha value is -3.05. The van der Waals surface area contributed by atoms with Crippen molar-refractivity contribution < 1.29 is 23.1 Å². The Labute approximate surface area is 212 Å². The first kappa shape index (κ1) is 26.6. The molecule has 1 atom stereocenters. The Balaban J connectivity index is 1.87. The van der Waals surface area contributed by atoms with E-state index in [1.54, 1.807) is 41.9 Å². The summed E-state index contributed by atoms with van der Waals surface area (Å²) in [5, 5.41) is 13.4. The summed E-state index contributed by atoms with van der Waals surface area (Å²) in [6.45, 7) is 5.01. The van der Waals surface area contributed by atoms with Crippen molar-refractivity contribution in [3.05, 3.63) is 81.6 Å². The van der Waals surface area contributed by atoms with Crippen molar-refractivity contribution in [1.29, 1.82) is 0 Å². The van der Waals surface area contributed by atoms with E-state index in [2.05, 4.69) is 21.3 Å². The zero-order chi connectivity index (χ0) is 25.9. The van der Waals surface area contributed by atoms with E-state index in [9.17, 15) is 18.0 Å². The number of carbonyl (C=O) groups is 2. The number of benzene rings is 2. The lowest BCUT2D eigenvalue weighted by molar-refractivity contribution is 0.0696. The van der Waals surface area contributed by atoms with Gasteiger partial charge in [-0.25, -0.2) is 4.79 Å². The Morgan fingerprint density at radius 1 is 1.14 bits per heavy atom. The molecule has 0 saturated carbocycles. The summed E-state index contributed by atoms with van der Waals surface area (Å²) in [4.78, 5) is 24.4. The first-order valence-corrected chi connectivity index (χ1v) is 12.6. The smallest absolute Gasteiger partial charge is 0.335 e. The predicted molar refractivity (Wildman–Crippen MR) is 136 cm³/mol. The second kappa shape index (κ2) is 10.7. The molecule has 1 amide bonds. The molecule has 2 aromatic carbocycles. The van der Waals surface area contributed by atoms with Crippen LogP contribution in [0.15, 0.2) is 54.7 Å². The van der Waals surface area contributed by atoms with Gasteiger partial charge in [-0.1, -0.05) is 41.9 Å². The molecule has 0 aliphatic rings. The molecule has 0 spiro atoms. The number of aromatic carboxylic acids is 1. The van der Waals surface area contributed by atoms with Crippen molar-refractivity contribution in [1.82, 2.24) is 19.3 Å². The number of fused-ring (bicyclic) bond motifs is 1. The molecule has 1 heterocycles. The normalized spacial score (nSPS) is 12.3. The first-order valence-electron chi connectivity index (χ1n) is 10.4. The quantitative estimate of drug-likeness (QED) is 0.310. The van der Waals surface area contributed by atoms with E-state index in [1.807, 2.05) is 0 Å². The van der Waals surface area contributed by atoms with Crippen molar-refractivity contribution >= 4 is 56.2 Å². The molecule has 186 valence electrons. The Bertz CT molecular complexity index is 1400. The van der Waals surface area contributed by atoms with Gasteiger partial charge in [0.25, 0.3) is 16.1 Å². The largest absolute Gasteiger partial charge is 0.478 e. The van der Waals surface area contributed by atoms with Gasteiger partial charge in [-0.05, 0) is 49.2 Å². The number of rotatable bonds is 10. The average Bonchev–Trinajstić information content (AvgIpc) is 3.11. The maximum absolute atomic E-state index is 13.2. The fourth-order valence-electron chi connectivity index (χ4n) is 3.58. The fourth-order valence-corrected chi connectivity index (χ4v) is 4.88. The van der Waals surface area contributed by atoms with Gasteiger partial charge in [0.15, 0.2) is 0 Å². The van der Waals surface area contributed by atoms with Gasteiger partial charge in [0, 0.05) is 30.2 Å². The summed E-state index contributed by atoms with van der Waals surface area (Å²) in [5.41, 5.74) is 1.98. The van der Waals surface area contributed by atoms with Crippen molar-refractivity contribution in [2.75, 3.05) is 6.54 Å². The number of hydrogen-bond acceptors (Lipinski definition) is 4. The van der Waals surface area contributed by atoms with Crippen molar-refractivity contribution in [2.45, 2.75) is 19.4 Å². The van der Waals surface area contributed by atoms with Gasteiger partial charge >= 0.3 is 5.97 Å². The van der Waals surface area contributed by atoms with Crippen LogP contribution in [0.4, 0.5) is 0 Å². The van der Waals surface area contributed by atoms with Crippen LogP contribution in [0.5, 0.6) is 0 Å². The van der Waals surface area contributed by atoms with E-state index < -0.39 is 28.1 Å². The highest BCUT2D eigenvalue weighted by molar-refractivity contribution is 7.87. The van der Waals surface area contributed by atoms with Crippen LogP contribution < -0.4 is 14.8 Å². The molecule has 0 bridgehead atoms. The summed E-state index contributed by atoms with van der Waals surface area (Å²) in [6.07, 6.45) is 0.186. The molecule has 4 N–H and O–H groups in total. The molecule has 0 aliphatic heterocycles. The Morgan fingerprint density at radius 3 is 2.40 bits per heavy atom. The van der Waals surface area contributed by atoms with Crippen LogP contribution >= 0.6 is 23.2 Å². The summed E-state index contributed by atoms with van der Waals surface area (Å²) in [6, 6.07) is 10.4. The predicted octanol–water partition coefficient (Wildman–Crippen LogP) is 4.00. The van der Waals surface area contributed by atoms with E-state index in [1.165, 1.54) is 19.1 Å². The van der Waals surface area contributed by atoms with E-state index in [-0.39, 0.29) is 24.2 Å². The van der Waals surface area contributed by atoms with Crippen LogP contribution in [0.25, 0.3) is 10.9 Å². The molecular weight excluding hydrogens is 515 g/mol.